The first-order chi connectivity index (χ1) is 10.5. The van der Waals surface area contributed by atoms with E-state index in [1.54, 1.807) is 24.3 Å². The van der Waals surface area contributed by atoms with Crippen LogP contribution >= 0.6 is 11.6 Å². The summed E-state index contributed by atoms with van der Waals surface area (Å²) < 4.78 is 0. The van der Waals surface area contributed by atoms with Crippen LogP contribution < -0.4 is 10.6 Å². The van der Waals surface area contributed by atoms with Gasteiger partial charge in [0.05, 0.1) is 0 Å². The van der Waals surface area contributed by atoms with E-state index in [9.17, 15) is 9.59 Å². The van der Waals surface area contributed by atoms with E-state index < -0.39 is 18.0 Å². The van der Waals surface area contributed by atoms with Crippen LogP contribution in [0.4, 0.5) is 10.5 Å². The van der Waals surface area contributed by atoms with E-state index in [-0.39, 0.29) is 6.42 Å². The summed E-state index contributed by atoms with van der Waals surface area (Å²) in [6.45, 7) is 0. The molecule has 1 atom stereocenters. The monoisotopic (exact) mass is 318 g/mol. The number of anilines is 1. The highest BCUT2D eigenvalue weighted by Crippen LogP contribution is 2.14. The third-order valence-corrected chi connectivity index (χ3v) is 3.26. The number of halogens is 1. The zero-order chi connectivity index (χ0) is 15.9. The molecule has 1 unspecified atom stereocenters. The van der Waals surface area contributed by atoms with Gasteiger partial charge in [-0.15, -0.1) is 0 Å². The SMILES string of the molecule is O=C(O)NC(Cc1ccccc1)C(=O)Nc1ccc(Cl)cc1. The van der Waals surface area contributed by atoms with Gasteiger partial charge in [0.15, 0.2) is 0 Å². The molecule has 0 aromatic heterocycles. The first kappa shape index (κ1) is 15.9. The zero-order valence-corrected chi connectivity index (χ0v) is 12.4. The van der Waals surface area contributed by atoms with Gasteiger partial charge in [-0.05, 0) is 29.8 Å². The van der Waals surface area contributed by atoms with Crippen LogP contribution in [-0.4, -0.2) is 23.1 Å². The zero-order valence-electron chi connectivity index (χ0n) is 11.6. The maximum absolute atomic E-state index is 12.3. The Balaban J connectivity index is 2.08. The van der Waals surface area contributed by atoms with E-state index in [1.807, 2.05) is 30.3 Å². The molecule has 0 saturated carbocycles. The molecule has 5 nitrogen and oxygen atoms in total. The molecular weight excluding hydrogens is 304 g/mol. The van der Waals surface area contributed by atoms with Crippen molar-refractivity contribution in [2.75, 3.05) is 5.32 Å². The van der Waals surface area contributed by atoms with E-state index in [0.717, 1.165) is 5.56 Å². The first-order valence-corrected chi connectivity index (χ1v) is 7.02. The molecule has 6 heteroatoms. The van der Waals surface area contributed by atoms with Crippen LogP contribution in [0.3, 0.4) is 0 Å². The highest BCUT2D eigenvalue weighted by atomic mass is 35.5. The predicted octanol–water partition coefficient (Wildman–Crippen LogP) is 3.16. The van der Waals surface area contributed by atoms with Gasteiger partial charge in [0, 0.05) is 17.1 Å². The molecule has 0 bridgehead atoms. The lowest BCUT2D eigenvalue weighted by molar-refractivity contribution is -0.118. The smallest absolute Gasteiger partial charge is 0.405 e. The minimum atomic E-state index is -1.24. The number of hydrogen-bond donors (Lipinski definition) is 3. The van der Waals surface area contributed by atoms with Crippen molar-refractivity contribution in [1.82, 2.24) is 5.32 Å². The number of rotatable bonds is 5. The summed E-state index contributed by atoms with van der Waals surface area (Å²) in [4.78, 5) is 23.2. The molecule has 3 N–H and O–H groups in total. The van der Waals surface area contributed by atoms with Crippen molar-refractivity contribution >= 4 is 29.3 Å². The van der Waals surface area contributed by atoms with Gasteiger partial charge >= 0.3 is 6.09 Å². The number of hydrogen-bond acceptors (Lipinski definition) is 2. The van der Waals surface area contributed by atoms with Crippen molar-refractivity contribution < 1.29 is 14.7 Å². The fourth-order valence-electron chi connectivity index (χ4n) is 1.97. The summed E-state index contributed by atoms with van der Waals surface area (Å²) in [5.41, 5.74) is 1.42. The summed E-state index contributed by atoms with van der Waals surface area (Å²) >= 11 is 5.78. The summed E-state index contributed by atoms with van der Waals surface area (Å²) in [6, 6.07) is 14.9. The topological polar surface area (TPSA) is 78.4 Å². The minimum Gasteiger partial charge on any atom is -0.465 e. The molecule has 0 radical (unpaired) electrons. The summed E-state index contributed by atoms with van der Waals surface area (Å²) in [6.07, 6.45) is -0.973. The Hall–Kier alpha value is -2.53. The van der Waals surface area contributed by atoms with E-state index in [0.29, 0.717) is 10.7 Å². The lowest BCUT2D eigenvalue weighted by Gasteiger charge is -2.17. The molecule has 0 aliphatic rings. The molecule has 2 rings (SSSR count). The molecular formula is C16H15ClN2O3. The molecule has 2 aromatic rings. The van der Waals surface area contributed by atoms with E-state index in [2.05, 4.69) is 10.6 Å². The Labute approximate surface area is 132 Å². The van der Waals surface area contributed by atoms with Crippen molar-refractivity contribution in [3.8, 4) is 0 Å². The van der Waals surface area contributed by atoms with Crippen molar-refractivity contribution in [1.29, 1.82) is 0 Å². The normalized spacial score (nSPS) is 11.5. The molecule has 0 aliphatic carbocycles. The standard InChI is InChI=1S/C16H15ClN2O3/c17-12-6-8-13(9-7-12)18-15(20)14(19-16(21)22)10-11-4-2-1-3-5-11/h1-9,14,19H,10H2,(H,18,20)(H,21,22). The lowest BCUT2D eigenvalue weighted by atomic mass is 10.1. The highest BCUT2D eigenvalue weighted by Gasteiger charge is 2.21. The van der Waals surface area contributed by atoms with Crippen molar-refractivity contribution in [3.63, 3.8) is 0 Å². The van der Waals surface area contributed by atoms with Crippen LogP contribution in [0.5, 0.6) is 0 Å². The van der Waals surface area contributed by atoms with Crippen LogP contribution in [0.1, 0.15) is 5.56 Å². The van der Waals surface area contributed by atoms with E-state index in [4.69, 9.17) is 16.7 Å². The number of amides is 2. The average Bonchev–Trinajstić information content (AvgIpc) is 2.49. The second kappa shape index (κ2) is 7.47. The van der Waals surface area contributed by atoms with Crippen LogP contribution in [0, 0.1) is 0 Å². The number of nitrogens with one attached hydrogen (secondary N) is 2. The largest absolute Gasteiger partial charge is 0.465 e. The molecule has 2 aromatic carbocycles. The fourth-order valence-corrected chi connectivity index (χ4v) is 2.10. The van der Waals surface area contributed by atoms with Gasteiger partial charge in [-0.3, -0.25) is 4.79 Å². The molecule has 114 valence electrons. The van der Waals surface area contributed by atoms with Gasteiger partial charge in [0.1, 0.15) is 6.04 Å². The maximum atomic E-state index is 12.3. The second-order valence-corrected chi connectivity index (χ2v) is 5.12. The summed E-state index contributed by atoms with van der Waals surface area (Å²) in [5.74, 6) is -0.423. The molecule has 22 heavy (non-hydrogen) atoms. The number of carbonyl (C=O) groups is 2. The third-order valence-electron chi connectivity index (χ3n) is 3.01. The fraction of sp³-hybridized carbons (Fsp3) is 0.125. The van der Waals surface area contributed by atoms with Gasteiger partial charge < -0.3 is 15.7 Å². The van der Waals surface area contributed by atoms with Crippen LogP contribution in [0.2, 0.25) is 5.02 Å². The third kappa shape index (κ3) is 4.79. The van der Waals surface area contributed by atoms with Crippen LogP contribution in [0.15, 0.2) is 54.6 Å². The van der Waals surface area contributed by atoms with Gasteiger partial charge in [0.2, 0.25) is 5.91 Å². The molecule has 2 amide bonds. The van der Waals surface area contributed by atoms with E-state index in [1.165, 1.54) is 0 Å². The predicted molar refractivity (Wildman–Crippen MR) is 85.2 cm³/mol. The van der Waals surface area contributed by atoms with Crippen LogP contribution in [-0.2, 0) is 11.2 Å². The molecule has 0 aliphatic heterocycles. The number of carbonyl (C=O) groups excluding carboxylic acids is 1. The molecule has 0 fully saturated rings. The van der Waals surface area contributed by atoms with Gasteiger partial charge in [-0.1, -0.05) is 41.9 Å². The Bertz CT molecular complexity index is 644. The van der Waals surface area contributed by atoms with Crippen molar-refractivity contribution in [3.05, 3.63) is 65.2 Å². The summed E-state index contributed by atoms with van der Waals surface area (Å²) in [5, 5.41) is 14.4. The number of benzene rings is 2. The first-order valence-electron chi connectivity index (χ1n) is 6.64. The number of carboxylic acid groups (broad SMARTS) is 1. The van der Waals surface area contributed by atoms with Crippen molar-refractivity contribution in [2.24, 2.45) is 0 Å². The molecule has 0 heterocycles. The summed E-state index contributed by atoms with van der Waals surface area (Å²) in [7, 11) is 0. The maximum Gasteiger partial charge on any atom is 0.405 e. The Morgan fingerprint density at radius 2 is 1.68 bits per heavy atom. The average molecular weight is 319 g/mol. The van der Waals surface area contributed by atoms with Gasteiger partial charge in [-0.2, -0.15) is 0 Å². The highest BCUT2D eigenvalue weighted by molar-refractivity contribution is 6.30. The van der Waals surface area contributed by atoms with Crippen molar-refractivity contribution in [2.45, 2.75) is 12.5 Å². The lowest BCUT2D eigenvalue weighted by Crippen LogP contribution is -2.44. The Kier molecular flexibility index (Phi) is 5.38. The molecule has 0 saturated heterocycles. The molecule has 0 spiro atoms. The second-order valence-electron chi connectivity index (χ2n) is 4.69. The van der Waals surface area contributed by atoms with E-state index >= 15 is 0 Å². The quantitative estimate of drug-likeness (QED) is 0.792. The minimum absolute atomic E-state index is 0.270. The Morgan fingerprint density at radius 1 is 1.05 bits per heavy atom. The van der Waals surface area contributed by atoms with Gasteiger partial charge in [0.25, 0.3) is 0 Å². The van der Waals surface area contributed by atoms with Gasteiger partial charge in [-0.25, -0.2) is 4.79 Å². The van der Waals surface area contributed by atoms with Crippen LogP contribution in [0.25, 0.3) is 0 Å². The Morgan fingerprint density at radius 3 is 2.27 bits per heavy atom.